The highest BCUT2D eigenvalue weighted by Gasteiger charge is 2.03. The van der Waals surface area contributed by atoms with Crippen LogP contribution in [-0.4, -0.2) is 32.8 Å². The van der Waals surface area contributed by atoms with Gasteiger partial charge >= 0.3 is 0 Å². The van der Waals surface area contributed by atoms with E-state index in [1.807, 2.05) is 32.0 Å². The van der Waals surface area contributed by atoms with Crippen molar-refractivity contribution in [3.05, 3.63) is 29.3 Å². The largest absolute Gasteiger partial charge is 0.496 e. The van der Waals surface area contributed by atoms with Crippen molar-refractivity contribution in [3.63, 3.8) is 0 Å². The van der Waals surface area contributed by atoms with E-state index in [2.05, 4.69) is 15.6 Å². The van der Waals surface area contributed by atoms with Crippen molar-refractivity contribution in [2.24, 2.45) is 4.99 Å². The van der Waals surface area contributed by atoms with Crippen LogP contribution in [0, 0.1) is 6.92 Å². The number of ether oxygens (including phenoxy) is 1. The van der Waals surface area contributed by atoms with Crippen LogP contribution in [-0.2, 0) is 6.54 Å². The van der Waals surface area contributed by atoms with E-state index in [9.17, 15) is 4.39 Å². The van der Waals surface area contributed by atoms with Gasteiger partial charge < -0.3 is 15.4 Å². The second-order valence-electron chi connectivity index (χ2n) is 4.48. The Labute approximate surface area is 143 Å². The summed E-state index contributed by atoms with van der Waals surface area (Å²) in [5.41, 5.74) is 2.18. The van der Waals surface area contributed by atoms with E-state index in [0.717, 1.165) is 23.4 Å². The molecule has 21 heavy (non-hydrogen) atoms. The summed E-state index contributed by atoms with van der Waals surface area (Å²) in [6.07, 6.45) is 0.484. The molecule has 0 atom stereocenters. The number of hydrogen-bond acceptors (Lipinski definition) is 2. The summed E-state index contributed by atoms with van der Waals surface area (Å²) >= 11 is 0. The van der Waals surface area contributed by atoms with Crippen molar-refractivity contribution < 1.29 is 9.13 Å². The topological polar surface area (TPSA) is 45.7 Å². The van der Waals surface area contributed by atoms with Crippen LogP contribution in [0.2, 0.25) is 0 Å². The standard InChI is InChI=1S/C15H24FN3O.HI/c1-4-17-15(18-9-5-8-16)19-11-13-7-6-12(2)10-14(13)20-3;/h6-7,10H,4-5,8-9,11H2,1-3H3,(H2,17,18,19);1H. The van der Waals surface area contributed by atoms with Crippen LogP contribution >= 0.6 is 24.0 Å². The lowest BCUT2D eigenvalue weighted by molar-refractivity contribution is 0.409. The van der Waals surface area contributed by atoms with E-state index in [1.165, 1.54) is 0 Å². The fraction of sp³-hybridized carbons (Fsp3) is 0.533. The van der Waals surface area contributed by atoms with Gasteiger partial charge in [-0.15, -0.1) is 24.0 Å². The number of aliphatic imine (C=N–C) groups is 1. The zero-order chi connectivity index (χ0) is 14.8. The number of nitrogens with zero attached hydrogens (tertiary/aromatic N) is 1. The van der Waals surface area contributed by atoms with Crippen LogP contribution in [0.25, 0.3) is 0 Å². The van der Waals surface area contributed by atoms with Gasteiger partial charge in [0.25, 0.3) is 0 Å². The second kappa shape index (κ2) is 11.6. The summed E-state index contributed by atoms with van der Waals surface area (Å²) in [5.74, 6) is 1.54. The highest BCUT2D eigenvalue weighted by atomic mass is 127. The van der Waals surface area contributed by atoms with Gasteiger partial charge in [0, 0.05) is 18.7 Å². The predicted molar refractivity (Wildman–Crippen MR) is 96.6 cm³/mol. The fourth-order valence-corrected chi connectivity index (χ4v) is 1.76. The Morgan fingerprint density at radius 3 is 2.71 bits per heavy atom. The maximum absolute atomic E-state index is 12.1. The highest BCUT2D eigenvalue weighted by molar-refractivity contribution is 14.0. The molecule has 0 amide bonds. The molecule has 0 aliphatic rings. The van der Waals surface area contributed by atoms with Gasteiger partial charge in [0.15, 0.2) is 5.96 Å². The first-order valence-electron chi connectivity index (χ1n) is 6.93. The normalized spacial score (nSPS) is 10.8. The molecule has 0 bridgehead atoms. The van der Waals surface area contributed by atoms with Crippen LogP contribution in [0.15, 0.2) is 23.2 Å². The fourth-order valence-electron chi connectivity index (χ4n) is 1.76. The van der Waals surface area contributed by atoms with E-state index in [1.54, 1.807) is 7.11 Å². The van der Waals surface area contributed by atoms with Crippen LogP contribution < -0.4 is 15.4 Å². The highest BCUT2D eigenvalue weighted by Crippen LogP contribution is 2.20. The monoisotopic (exact) mass is 409 g/mol. The minimum atomic E-state index is -0.321. The molecule has 0 unspecified atom stereocenters. The van der Waals surface area contributed by atoms with Crippen molar-refractivity contribution in [1.29, 1.82) is 0 Å². The molecule has 0 spiro atoms. The summed E-state index contributed by atoms with van der Waals surface area (Å²) in [5, 5.41) is 6.24. The van der Waals surface area contributed by atoms with E-state index >= 15 is 0 Å². The van der Waals surface area contributed by atoms with E-state index in [4.69, 9.17) is 4.74 Å². The number of hydrogen-bond donors (Lipinski definition) is 2. The lowest BCUT2D eigenvalue weighted by Gasteiger charge is -2.12. The lowest BCUT2D eigenvalue weighted by Crippen LogP contribution is -2.37. The smallest absolute Gasteiger partial charge is 0.191 e. The van der Waals surface area contributed by atoms with E-state index < -0.39 is 0 Å². The average Bonchev–Trinajstić information content (AvgIpc) is 2.45. The SMILES string of the molecule is CCNC(=NCc1ccc(C)cc1OC)NCCCF.I. The minimum absolute atomic E-state index is 0. The van der Waals surface area contributed by atoms with Crippen molar-refractivity contribution in [3.8, 4) is 5.75 Å². The summed E-state index contributed by atoms with van der Waals surface area (Å²) in [6.45, 7) is 5.57. The average molecular weight is 409 g/mol. The number of nitrogens with one attached hydrogen (secondary N) is 2. The third-order valence-corrected chi connectivity index (χ3v) is 2.80. The first kappa shape index (κ1) is 19.9. The first-order valence-corrected chi connectivity index (χ1v) is 6.93. The predicted octanol–water partition coefficient (Wildman–Crippen LogP) is 3.04. The van der Waals surface area contributed by atoms with Gasteiger partial charge in [0.05, 0.1) is 20.3 Å². The molecule has 0 heterocycles. The van der Waals surface area contributed by atoms with Gasteiger partial charge in [0.2, 0.25) is 0 Å². The summed E-state index contributed by atoms with van der Waals surface area (Å²) < 4.78 is 17.5. The summed E-state index contributed by atoms with van der Waals surface area (Å²) in [4.78, 5) is 4.49. The number of aryl methyl sites for hydroxylation is 1. The molecule has 120 valence electrons. The maximum atomic E-state index is 12.1. The Balaban J connectivity index is 0.00000400. The Hall–Kier alpha value is -1.05. The number of alkyl halides is 1. The Morgan fingerprint density at radius 2 is 2.10 bits per heavy atom. The molecule has 4 nitrogen and oxygen atoms in total. The number of guanidine groups is 1. The molecule has 0 saturated heterocycles. The van der Waals surface area contributed by atoms with Gasteiger partial charge in [-0.05, 0) is 31.9 Å². The molecular formula is C15H25FIN3O. The lowest BCUT2D eigenvalue weighted by atomic mass is 10.1. The van der Waals surface area contributed by atoms with E-state index in [-0.39, 0.29) is 30.7 Å². The van der Waals surface area contributed by atoms with Crippen molar-refractivity contribution in [2.45, 2.75) is 26.8 Å². The molecular weight excluding hydrogens is 384 g/mol. The third kappa shape index (κ3) is 7.50. The zero-order valence-electron chi connectivity index (χ0n) is 12.9. The van der Waals surface area contributed by atoms with Crippen LogP contribution in [0.3, 0.4) is 0 Å². The molecule has 0 aromatic heterocycles. The van der Waals surface area contributed by atoms with Gasteiger partial charge in [-0.2, -0.15) is 0 Å². The Morgan fingerprint density at radius 1 is 1.33 bits per heavy atom. The van der Waals surface area contributed by atoms with Gasteiger partial charge in [-0.3, -0.25) is 4.39 Å². The number of methoxy groups -OCH3 is 1. The molecule has 0 aliphatic carbocycles. The van der Waals surface area contributed by atoms with Crippen LogP contribution in [0.5, 0.6) is 5.75 Å². The Kier molecular flexibility index (Phi) is 11.0. The molecule has 0 radical (unpaired) electrons. The summed E-state index contributed by atoms with van der Waals surface area (Å²) in [7, 11) is 1.66. The van der Waals surface area contributed by atoms with Crippen molar-refractivity contribution in [2.75, 3.05) is 26.9 Å². The second-order valence-corrected chi connectivity index (χ2v) is 4.48. The van der Waals surface area contributed by atoms with Gasteiger partial charge in [-0.1, -0.05) is 12.1 Å². The maximum Gasteiger partial charge on any atom is 0.191 e. The molecule has 6 heteroatoms. The van der Waals surface area contributed by atoms with E-state index in [0.29, 0.717) is 25.5 Å². The molecule has 1 aromatic rings. The Bertz CT molecular complexity index is 441. The molecule has 1 rings (SSSR count). The van der Waals surface area contributed by atoms with Crippen molar-refractivity contribution >= 4 is 29.9 Å². The quantitative estimate of drug-likeness (QED) is 0.315. The number of benzene rings is 1. The van der Waals surface area contributed by atoms with Crippen molar-refractivity contribution in [1.82, 2.24) is 10.6 Å². The molecule has 0 saturated carbocycles. The first-order chi connectivity index (χ1) is 9.71. The van der Waals surface area contributed by atoms with Crippen LogP contribution in [0.1, 0.15) is 24.5 Å². The molecule has 2 N–H and O–H groups in total. The number of rotatable bonds is 7. The molecule has 0 aliphatic heterocycles. The molecule has 0 fully saturated rings. The zero-order valence-corrected chi connectivity index (χ0v) is 15.2. The third-order valence-electron chi connectivity index (χ3n) is 2.80. The van der Waals surface area contributed by atoms with Crippen LogP contribution in [0.4, 0.5) is 4.39 Å². The van der Waals surface area contributed by atoms with Gasteiger partial charge in [0.1, 0.15) is 5.75 Å². The minimum Gasteiger partial charge on any atom is -0.496 e. The summed E-state index contributed by atoms with van der Waals surface area (Å²) in [6, 6.07) is 6.05. The number of halogens is 2. The molecule has 1 aromatic carbocycles. The van der Waals surface area contributed by atoms with Gasteiger partial charge in [-0.25, -0.2) is 4.99 Å².